The van der Waals surface area contributed by atoms with E-state index in [-0.39, 0.29) is 0 Å². The minimum Gasteiger partial charge on any atom is -0.307 e. The Bertz CT molecular complexity index is 486. The summed E-state index contributed by atoms with van der Waals surface area (Å²) in [5.74, 6) is -14.3. The summed E-state index contributed by atoms with van der Waals surface area (Å²) >= 11 is 0. The Kier molecular flexibility index (Phi) is 6.15. The highest BCUT2D eigenvalue weighted by molar-refractivity contribution is 4.94. The van der Waals surface area contributed by atoms with Gasteiger partial charge in [0, 0.05) is 0 Å². The van der Waals surface area contributed by atoms with Crippen LogP contribution in [0.1, 0.15) is 0 Å². The molecule has 0 amide bonds. The van der Waals surface area contributed by atoms with Gasteiger partial charge >= 0.3 is 42.5 Å². The van der Waals surface area contributed by atoms with Crippen molar-refractivity contribution in [2.75, 3.05) is 6.61 Å². The van der Waals surface area contributed by atoms with Gasteiger partial charge in [0.25, 0.3) is 0 Å². The van der Waals surface area contributed by atoms with Crippen molar-refractivity contribution in [1.82, 2.24) is 0 Å². The molecule has 0 aliphatic heterocycles. The fraction of sp³-hybridized carbons (Fsp3) is 1.00. The second-order valence-corrected chi connectivity index (χ2v) is 4.22. The Balaban J connectivity index is 5.87. The lowest BCUT2D eigenvalue weighted by atomic mass is 10.1. The van der Waals surface area contributed by atoms with Gasteiger partial charge in [-0.1, -0.05) is 0 Å². The van der Waals surface area contributed by atoms with Crippen molar-refractivity contribution in [1.29, 1.82) is 0 Å². The third-order valence-corrected chi connectivity index (χ3v) is 2.20. The summed E-state index contributed by atoms with van der Waals surface area (Å²) in [6.45, 7) is -3.94. The fourth-order valence-corrected chi connectivity index (χ4v) is 0.930. The first-order valence-corrected chi connectivity index (χ1v) is 5.28. The van der Waals surface area contributed by atoms with Crippen LogP contribution in [0.5, 0.6) is 0 Å². The molecule has 0 aromatic heterocycles. The second-order valence-electron chi connectivity index (χ2n) is 4.22. The van der Waals surface area contributed by atoms with Crippen LogP contribution in [-0.2, 0) is 9.47 Å². The van der Waals surface area contributed by atoms with Crippen molar-refractivity contribution in [2.45, 2.75) is 42.5 Å². The van der Waals surface area contributed by atoms with Gasteiger partial charge < -0.3 is 4.74 Å². The molecule has 158 valence electrons. The summed E-state index contributed by atoms with van der Waals surface area (Å²) in [4.78, 5) is 0. The van der Waals surface area contributed by atoms with E-state index in [4.69, 9.17) is 0 Å². The van der Waals surface area contributed by atoms with Gasteiger partial charge in [-0.15, -0.1) is 0 Å². The molecule has 0 fully saturated rings. The van der Waals surface area contributed by atoms with Gasteiger partial charge in [-0.25, -0.2) is 0 Å². The first-order valence-electron chi connectivity index (χ1n) is 5.28. The zero-order chi connectivity index (χ0) is 21.6. The minimum atomic E-state index is -7.46. The maximum absolute atomic E-state index is 13.3. The minimum absolute atomic E-state index is 1.46. The van der Waals surface area contributed by atoms with E-state index in [0.717, 1.165) is 0 Å². The largest absolute Gasteiger partial charge is 0.483 e. The molecule has 1 atom stereocenters. The SMILES string of the molecule is FC(F)(F)C(F)(F)OCC(F)(F)C(F)(OC(F)(F)C(F)(F)F)C(F)(F)F. The van der Waals surface area contributed by atoms with Crippen molar-refractivity contribution in [3.8, 4) is 0 Å². The summed E-state index contributed by atoms with van der Waals surface area (Å²) in [7, 11) is 0. The van der Waals surface area contributed by atoms with Crippen molar-refractivity contribution in [3.63, 3.8) is 0 Å². The molecule has 0 rings (SSSR count). The highest BCUT2D eigenvalue weighted by Gasteiger charge is 2.79. The van der Waals surface area contributed by atoms with Crippen LogP contribution in [0.2, 0.25) is 0 Å². The molecule has 0 N–H and O–H groups in total. The summed E-state index contributed by atoms with van der Waals surface area (Å²) < 4.78 is 199. The summed E-state index contributed by atoms with van der Waals surface area (Å²) in [5.41, 5.74) is 0. The Morgan fingerprint density at radius 2 is 0.808 bits per heavy atom. The van der Waals surface area contributed by atoms with E-state index >= 15 is 0 Å². The highest BCUT2D eigenvalue weighted by atomic mass is 19.4. The number of halogens is 16. The first kappa shape index (κ1) is 24.8. The van der Waals surface area contributed by atoms with E-state index in [1.165, 1.54) is 4.74 Å². The second kappa shape index (κ2) is 6.45. The van der Waals surface area contributed by atoms with Crippen LogP contribution in [0.25, 0.3) is 0 Å². The molecule has 0 aliphatic carbocycles. The monoisotopic (exact) mass is 434 g/mol. The molecule has 2 nitrogen and oxygen atoms in total. The Labute approximate surface area is 130 Å². The topological polar surface area (TPSA) is 18.5 Å². The smallest absolute Gasteiger partial charge is 0.307 e. The third kappa shape index (κ3) is 4.74. The van der Waals surface area contributed by atoms with E-state index in [1.54, 1.807) is 0 Å². The number of rotatable bonds is 6. The molecule has 0 aromatic rings. The molecule has 0 radical (unpaired) electrons. The molecule has 18 heteroatoms. The third-order valence-electron chi connectivity index (χ3n) is 2.20. The van der Waals surface area contributed by atoms with E-state index in [9.17, 15) is 70.2 Å². The lowest BCUT2D eigenvalue weighted by Gasteiger charge is -2.37. The molecule has 1 unspecified atom stereocenters. The zero-order valence-corrected chi connectivity index (χ0v) is 11.1. The van der Waals surface area contributed by atoms with Gasteiger partial charge in [-0.3, -0.25) is 4.74 Å². The predicted molar refractivity (Wildman–Crippen MR) is 43.9 cm³/mol. The highest BCUT2D eigenvalue weighted by Crippen LogP contribution is 2.52. The maximum atomic E-state index is 13.3. The van der Waals surface area contributed by atoms with Crippen molar-refractivity contribution in [2.24, 2.45) is 0 Å². The summed E-state index contributed by atoms with van der Waals surface area (Å²) in [6, 6.07) is 0. The average Bonchev–Trinajstić information content (AvgIpc) is 2.31. The number of hydrogen-bond donors (Lipinski definition) is 0. The Hall–Kier alpha value is -1.20. The molecule has 0 spiro atoms. The Morgan fingerprint density at radius 1 is 0.462 bits per heavy atom. The van der Waals surface area contributed by atoms with E-state index < -0.39 is 49.1 Å². The van der Waals surface area contributed by atoms with Crippen molar-refractivity contribution < 1.29 is 79.7 Å². The lowest BCUT2D eigenvalue weighted by Crippen LogP contribution is -2.64. The van der Waals surface area contributed by atoms with Gasteiger partial charge in [0.05, 0.1) is 0 Å². The predicted octanol–water partition coefficient (Wildman–Crippen LogP) is 5.19. The van der Waals surface area contributed by atoms with Crippen LogP contribution >= 0.6 is 0 Å². The van der Waals surface area contributed by atoms with Crippen LogP contribution in [0.4, 0.5) is 70.2 Å². The normalized spacial score (nSPS) is 18.0. The van der Waals surface area contributed by atoms with E-state index in [2.05, 4.69) is 0 Å². The number of ether oxygens (including phenoxy) is 2. The maximum Gasteiger partial charge on any atom is 0.483 e. The fourth-order valence-electron chi connectivity index (χ4n) is 0.930. The van der Waals surface area contributed by atoms with Crippen LogP contribution < -0.4 is 0 Å². The number of alkyl halides is 16. The van der Waals surface area contributed by atoms with Gasteiger partial charge in [-0.05, 0) is 0 Å². The van der Waals surface area contributed by atoms with E-state index in [1.807, 2.05) is 4.74 Å². The molecule has 0 bridgehead atoms. The lowest BCUT2D eigenvalue weighted by molar-refractivity contribution is -0.507. The molecular weight excluding hydrogens is 432 g/mol. The van der Waals surface area contributed by atoms with Gasteiger partial charge in [0.2, 0.25) is 0 Å². The summed E-state index contributed by atoms with van der Waals surface area (Å²) in [6.07, 6.45) is -35.3. The molecule has 0 aromatic carbocycles. The Morgan fingerprint density at radius 3 is 1.08 bits per heavy atom. The van der Waals surface area contributed by atoms with Crippen LogP contribution in [0.15, 0.2) is 0 Å². The van der Waals surface area contributed by atoms with E-state index in [0.29, 0.717) is 0 Å². The van der Waals surface area contributed by atoms with Gasteiger partial charge in [0.15, 0.2) is 0 Å². The van der Waals surface area contributed by atoms with Crippen molar-refractivity contribution >= 4 is 0 Å². The summed E-state index contributed by atoms with van der Waals surface area (Å²) in [5, 5.41) is 0. The first-order chi connectivity index (χ1) is 10.9. The van der Waals surface area contributed by atoms with Crippen LogP contribution in [-0.4, -0.2) is 49.1 Å². The average molecular weight is 434 g/mol. The van der Waals surface area contributed by atoms with Crippen molar-refractivity contribution in [3.05, 3.63) is 0 Å². The van der Waals surface area contributed by atoms with Gasteiger partial charge in [-0.2, -0.15) is 70.2 Å². The van der Waals surface area contributed by atoms with Crippen LogP contribution in [0, 0.1) is 0 Å². The molecule has 0 heterocycles. The zero-order valence-electron chi connectivity index (χ0n) is 11.1. The quantitative estimate of drug-likeness (QED) is 0.536. The molecular formula is C8H2F16O2. The standard InChI is InChI=1S/C8H2F16O2/c9-2(10,1-25-7(21,22)5(15,16)17)3(11,4(12,13)14)26-8(23,24)6(18,19)20/h1H2. The van der Waals surface area contributed by atoms with Crippen LogP contribution in [0.3, 0.4) is 0 Å². The molecule has 26 heavy (non-hydrogen) atoms. The molecule has 0 aliphatic rings. The number of hydrogen-bond acceptors (Lipinski definition) is 2. The van der Waals surface area contributed by atoms with Gasteiger partial charge in [0.1, 0.15) is 6.61 Å². The molecule has 0 saturated heterocycles. The molecule has 0 saturated carbocycles.